The molecule has 392 valence electrons. The predicted octanol–water partition coefficient (Wildman–Crippen LogP) is 2.98. The van der Waals surface area contributed by atoms with Crippen LogP contribution in [0, 0.1) is 0 Å². The molecule has 3 aromatic rings. The number of aliphatic carboxylic acids is 1. The quantitative estimate of drug-likeness (QED) is 0.0381. The van der Waals surface area contributed by atoms with Crippen molar-refractivity contribution >= 4 is 35.5 Å². The Morgan fingerprint density at radius 3 is 1.35 bits per heavy atom. The maximum absolute atomic E-state index is 13.3. The molecule has 0 aromatic heterocycles. The Labute approximate surface area is 417 Å². The third-order valence-electron chi connectivity index (χ3n) is 10.7. The second-order valence-electron chi connectivity index (χ2n) is 16.6. The van der Waals surface area contributed by atoms with Crippen molar-refractivity contribution in [3.8, 4) is 17.2 Å². The van der Waals surface area contributed by atoms with Gasteiger partial charge in [-0.15, -0.1) is 0 Å². The number of methoxy groups -OCH3 is 3. The number of amides is 5. The van der Waals surface area contributed by atoms with Gasteiger partial charge < -0.3 is 70.7 Å². The first-order valence-corrected chi connectivity index (χ1v) is 24.1. The van der Waals surface area contributed by atoms with E-state index in [9.17, 15) is 28.8 Å². The van der Waals surface area contributed by atoms with E-state index in [1.54, 1.807) is 69.9 Å². The van der Waals surface area contributed by atoms with Crippen molar-refractivity contribution in [3.05, 3.63) is 89.5 Å². The highest BCUT2D eigenvalue weighted by atomic mass is 16.5. The molecule has 8 N–H and O–H groups in total. The fourth-order valence-electron chi connectivity index (χ4n) is 6.76. The zero-order valence-electron chi connectivity index (χ0n) is 41.5. The lowest BCUT2D eigenvalue weighted by Crippen LogP contribution is -2.58. The molecule has 1 atom stereocenters. The monoisotopic (exact) mass is 994 g/mol. The molecule has 0 bridgehead atoms. The highest BCUT2D eigenvalue weighted by Gasteiger charge is 2.34. The van der Waals surface area contributed by atoms with E-state index in [4.69, 9.17) is 33.5 Å². The molecule has 0 spiro atoms. The lowest BCUT2D eigenvalue weighted by atomic mass is 10.0. The summed E-state index contributed by atoms with van der Waals surface area (Å²) in [5.41, 5.74) is 0.907. The van der Waals surface area contributed by atoms with Crippen LogP contribution in [0.2, 0.25) is 0 Å². The van der Waals surface area contributed by atoms with E-state index in [1.807, 2.05) is 24.3 Å². The van der Waals surface area contributed by atoms with Crippen molar-refractivity contribution in [3.63, 3.8) is 0 Å². The molecule has 0 saturated carbocycles. The first kappa shape index (κ1) is 59.0. The predicted molar refractivity (Wildman–Crippen MR) is 267 cm³/mol. The second kappa shape index (κ2) is 35.7. The van der Waals surface area contributed by atoms with E-state index in [2.05, 4.69) is 37.2 Å². The van der Waals surface area contributed by atoms with Crippen LogP contribution in [0.15, 0.2) is 72.8 Å². The molecule has 3 aromatic carbocycles. The number of carbonyl (C=O) groups excluding carboxylic acids is 5. The Bertz CT molecular complexity index is 2010. The molecule has 0 radical (unpaired) electrons. The van der Waals surface area contributed by atoms with Crippen molar-refractivity contribution in [2.75, 3.05) is 107 Å². The average molecular weight is 994 g/mol. The van der Waals surface area contributed by atoms with Gasteiger partial charge in [0.05, 0.1) is 54.4 Å². The number of carboxylic acid groups (broad SMARTS) is 1. The van der Waals surface area contributed by atoms with Gasteiger partial charge in [-0.05, 0) is 118 Å². The number of hydrogen-bond donors (Lipinski definition) is 8. The van der Waals surface area contributed by atoms with Gasteiger partial charge in [0.15, 0.2) is 0 Å². The van der Waals surface area contributed by atoms with Crippen LogP contribution in [0.1, 0.15) is 84.1 Å². The van der Waals surface area contributed by atoms with Gasteiger partial charge in [0, 0.05) is 76.1 Å². The molecule has 0 aliphatic rings. The van der Waals surface area contributed by atoms with Gasteiger partial charge >= 0.3 is 5.97 Å². The third kappa shape index (κ3) is 26.5. The van der Waals surface area contributed by atoms with E-state index >= 15 is 0 Å². The molecule has 71 heavy (non-hydrogen) atoms. The molecule has 3 rings (SSSR count). The fourth-order valence-corrected chi connectivity index (χ4v) is 6.76. The highest BCUT2D eigenvalue weighted by molar-refractivity contribution is 5.94. The van der Waals surface area contributed by atoms with Crippen LogP contribution in [0.5, 0.6) is 17.2 Å². The van der Waals surface area contributed by atoms with E-state index in [1.165, 1.54) is 0 Å². The molecule has 0 aliphatic carbocycles. The van der Waals surface area contributed by atoms with Crippen LogP contribution in [0.4, 0.5) is 0 Å². The third-order valence-corrected chi connectivity index (χ3v) is 10.7. The topological polar surface area (TPSA) is 262 Å². The Kier molecular flexibility index (Phi) is 29.7. The summed E-state index contributed by atoms with van der Waals surface area (Å²) in [6, 6.07) is 21.4. The van der Waals surface area contributed by atoms with Crippen LogP contribution in [0.25, 0.3) is 0 Å². The van der Waals surface area contributed by atoms with Crippen LogP contribution in [-0.4, -0.2) is 153 Å². The lowest BCUT2D eigenvalue weighted by molar-refractivity contribution is -0.137. The molecule has 1 unspecified atom stereocenters. The summed E-state index contributed by atoms with van der Waals surface area (Å²) in [4.78, 5) is 74.8. The standard InChI is InChI=1S/C51H75N7O13/c1-66-42-17-11-39(12-18-42)35-53-26-6-28-54-45(59)23-33-70-37-51(58-47(61)9-4-10-48(62)63,36-69-32-8-27-52-25-5-30-56-49(64)40-13-19-43(67-2)20-14-40)38-71-34-24-46(60)55-29-7-31-57-50(65)41-15-21-44(68-3)22-16-41/h11-22,52-53H,4-10,23-38H2,1-3H3,(H,54,59)(H,55,60)(H,56,64)(H,57,65)(H,58,61)(H,62,63). The van der Waals surface area contributed by atoms with Crippen LogP contribution in [-0.2, 0) is 39.9 Å². The summed E-state index contributed by atoms with van der Waals surface area (Å²) in [5.74, 6) is -0.218. The number of hydrogen-bond acceptors (Lipinski definition) is 14. The Balaban J connectivity index is 1.48. The Morgan fingerprint density at radius 1 is 0.451 bits per heavy atom. The molecular weight excluding hydrogens is 919 g/mol. The van der Waals surface area contributed by atoms with Gasteiger partial charge in [0.1, 0.15) is 22.8 Å². The zero-order chi connectivity index (χ0) is 51.4. The van der Waals surface area contributed by atoms with Gasteiger partial charge in [0.2, 0.25) is 17.7 Å². The number of carbonyl (C=O) groups is 6. The maximum Gasteiger partial charge on any atom is 0.303 e. The zero-order valence-corrected chi connectivity index (χ0v) is 41.5. The molecule has 0 fully saturated rings. The van der Waals surface area contributed by atoms with E-state index in [0.717, 1.165) is 17.7 Å². The van der Waals surface area contributed by atoms with Crippen molar-refractivity contribution in [2.24, 2.45) is 0 Å². The number of ether oxygens (including phenoxy) is 6. The summed E-state index contributed by atoms with van der Waals surface area (Å²) in [6.07, 6.45) is 2.46. The molecule has 0 aliphatic heterocycles. The molecule has 20 nitrogen and oxygen atoms in total. The molecule has 5 amide bonds. The first-order chi connectivity index (χ1) is 34.4. The first-order valence-electron chi connectivity index (χ1n) is 24.1. The van der Waals surface area contributed by atoms with Gasteiger partial charge in [-0.25, -0.2) is 0 Å². The Hall–Kier alpha value is -6.32. The van der Waals surface area contributed by atoms with Crippen LogP contribution in [0.3, 0.4) is 0 Å². The number of nitrogens with one attached hydrogen (secondary N) is 7. The van der Waals surface area contributed by atoms with E-state index in [0.29, 0.717) is 101 Å². The maximum atomic E-state index is 13.3. The number of rotatable bonds is 40. The number of carboxylic acids is 1. The van der Waals surface area contributed by atoms with Crippen molar-refractivity contribution in [2.45, 2.75) is 69.9 Å². The van der Waals surface area contributed by atoms with Gasteiger partial charge in [-0.2, -0.15) is 0 Å². The second-order valence-corrected chi connectivity index (χ2v) is 16.6. The van der Waals surface area contributed by atoms with Crippen LogP contribution >= 0.6 is 0 Å². The fraction of sp³-hybridized carbons (Fsp3) is 0.529. The smallest absolute Gasteiger partial charge is 0.303 e. The van der Waals surface area contributed by atoms with Crippen molar-refractivity contribution in [1.29, 1.82) is 0 Å². The Morgan fingerprint density at radius 2 is 0.873 bits per heavy atom. The summed E-state index contributed by atoms with van der Waals surface area (Å²) in [5, 5.41) is 30.3. The van der Waals surface area contributed by atoms with Gasteiger partial charge in [0.25, 0.3) is 11.8 Å². The minimum Gasteiger partial charge on any atom is -0.497 e. The largest absolute Gasteiger partial charge is 0.497 e. The molecule has 0 saturated heterocycles. The number of benzene rings is 3. The van der Waals surface area contributed by atoms with Gasteiger partial charge in [-0.1, -0.05) is 12.1 Å². The van der Waals surface area contributed by atoms with Crippen LogP contribution < -0.4 is 51.4 Å². The van der Waals surface area contributed by atoms with E-state index in [-0.39, 0.29) is 88.8 Å². The summed E-state index contributed by atoms with van der Waals surface area (Å²) >= 11 is 0. The summed E-state index contributed by atoms with van der Waals surface area (Å²) in [7, 11) is 4.74. The average Bonchev–Trinajstić information content (AvgIpc) is 3.38. The molecule has 20 heteroatoms. The normalized spacial score (nSPS) is 11.7. The van der Waals surface area contributed by atoms with E-state index < -0.39 is 17.4 Å². The summed E-state index contributed by atoms with van der Waals surface area (Å²) in [6.45, 7) is 4.37. The molecule has 0 heterocycles. The minimum atomic E-state index is -1.25. The SMILES string of the molecule is COc1ccc(CNCCCNC(=O)CCOCC(COCCCNCCCNC(=O)c2ccc(OC)cc2)(COCCC(=O)NCCCNC(=O)c2ccc(OC)cc2)NC(=O)CCCC(=O)O)cc1. The molecular formula is C51H75N7O13. The minimum absolute atomic E-state index is 0.00148. The summed E-state index contributed by atoms with van der Waals surface area (Å²) < 4.78 is 33.6. The lowest BCUT2D eigenvalue weighted by Gasteiger charge is -2.34. The highest BCUT2D eigenvalue weighted by Crippen LogP contribution is 2.14. The van der Waals surface area contributed by atoms with Crippen molar-refractivity contribution < 1.29 is 62.3 Å². The van der Waals surface area contributed by atoms with Gasteiger partial charge in [-0.3, -0.25) is 28.8 Å². The van der Waals surface area contributed by atoms with Crippen molar-refractivity contribution in [1.82, 2.24) is 37.2 Å².